The normalized spacial score (nSPS) is 10.0. The second-order valence-electron chi connectivity index (χ2n) is 3.78. The number of nitriles is 1. The third kappa shape index (κ3) is 3.05. The van der Waals surface area contributed by atoms with E-state index in [1.165, 1.54) is 0 Å². The standard InChI is InChI=1S/C13H8Cl3N3/c14-9-4-11(16)13(5-10(9)15)19-8-2-1-7(6-17)12(18)3-8/h1-5,19H,18H2. The predicted molar refractivity (Wildman–Crippen MR) is 80.3 cm³/mol. The van der Waals surface area contributed by atoms with E-state index >= 15 is 0 Å². The highest BCUT2D eigenvalue weighted by Gasteiger charge is 2.07. The molecule has 0 aliphatic carbocycles. The molecule has 0 aliphatic heterocycles. The van der Waals surface area contributed by atoms with Crippen molar-refractivity contribution in [1.82, 2.24) is 0 Å². The number of nitrogen functional groups attached to an aromatic ring is 1. The second-order valence-corrected chi connectivity index (χ2v) is 5.01. The van der Waals surface area contributed by atoms with E-state index in [-0.39, 0.29) is 0 Å². The van der Waals surface area contributed by atoms with Crippen molar-refractivity contribution in [2.24, 2.45) is 0 Å². The molecule has 0 aromatic heterocycles. The molecule has 0 saturated heterocycles. The molecule has 3 N–H and O–H groups in total. The lowest BCUT2D eigenvalue weighted by Crippen LogP contribution is -1.95. The summed E-state index contributed by atoms with van der Waals surface area (Å²) >= 11 is 17.8. The van der Waals surface area contributed by atoms with Gasteiger partial charge in [-0.15, -0.1) is 0 Å². The van der Waals surface area contributed by atoms with E-state index in [1.807, 2.05) is 6.07 Å². The van der Waals surface area contributed by atoms with Crippen LogP contribution in [0.1, 0.15) is 5.56 Å². The van der Waals surface area contributed by atoms with Crippen LogP contribution in [0.4, 0.5) is 17.1 Å². The Hall–Kier alpha value is -1.60. The number of nitrogens with two attached hydrogens (primary N) is 1. The highest BCUT2D eigenvalue weighted by atomic mass is 35.5. The third-order valence-electron chi connectivity index (χ3n) is 2.46. The fourth-order valence-corrected chi connectivity index (χ4v) is 2.11. The maximum atomic E-state index is 8.81. The molecule has 2 aromatic rings. The lowest BCUT2D eigenvalue weighted by Gasteiger charge is -2.10. The van der Waals surface area contributed by atoms with Gasteiger partial charge in [-0.25, -0.2) is 0 Å². The number of rotatable bonds is 2. The Labute approximate surface area is 125 Å². The zero-order chi connectivity index (χ0) is 14.0. The zero-order valence-corrected chi connectivity index (χ0v) is 11.8. The minimum Gasteiger partial charge on any atom is -0.398 e. The van der Waals surface area contributed by atoms with E-state index in [2.05, 4.69) is 5.32 Å². The molecule has 0 unspecified atom stereocenters. The molecule has 0 amide bonds. The Balaban J connectivity index is 2.34. The number of nitrogens with zero attached hydrogens (tertiary/aromatic N) is 1. The van der Waals surface area contributed by atoms with Crippen LogP contribution in [0.3, 0.4) is 0 Å². The van der Waals surface area contributed by atoms with Crippen molar-refractivity contribution in [2.45, 2.75) is 0 Å². The fraction of sp³-hybridized carbons (Fsp3) is 0. The van der Waals surface area contributed by atoms with E-state index in [0.29, 0.717) is 37.7 Å². The summed E-state index contributed by atoms with van der Waals surface area (Å²) < 4.78 is 0. The summed E-state index contributed by atoms with van der Waals surface area (Å²) in [6.45, 7) is 0. The average Bonchev–Trinajstić information content (AvgIpc) is 2.36. The Kier molecular flexibility index (Phi) is 4.06. The first-order valence-corrected chi connectivity index (χ1v) is 6.36. The molecule has 96 valence electrons. The first-order valence-electron chi connectivity index (χ1n) is 5.22. The first-order chi connectivity index (χ1) is 9.01. The van der Waals surface area contributed by atoms with Crippen LogP contribution in [-0.4, -0.2) is 0 Å². The number of hydrogen-bond acceptors (Lipinski definition) is 3. The Morgan fingerprint density at radius 2 is 1.68 bits per heavy atom. The van der Waals surface area contributed by atoms with Crippen LogP contribution in [-0.2, 0) is 0 Å². The van der Waals surface area contributed by atoms with Crippen LogP contribution in [0, 0.1) is 11.3 Å². The molecule has 2 aromatic carbocycles. The van der Waals surface area contributed by atoms with Gasteiger partial charge in [0, 0.05) is 5.69 Å². The summed E-state index contributed by atoms with van der Waals surface area (Å²) in [6.07, 6.45) is 0. The van der Waals surface area contributed by atoms with E-state index in [1.54, 1.807) is 30.3 Å². The minimum absolute atomic E-state index is 0.386. The van der Waals surface area contributed by atoms with E-state index in [4.69, 9.17) is 45.8 Å². The number of benzene rings is 2. The summed E-state index contributed by atoms with van der Waals surface area (Å²) in [6, 6.07) is 10.2. The molecular weight excluding hydrogens is 305 g/mol. The smallest absolute Gasteiger partial charge is 0.101 e. The maximum Gasteiger partial charge on any atom is 0.101 e. The molecule has 0 fully saturated rings. The molecule has 2 rings (SSSR count). The van der Waals surface area contributed by atoms with Gasteiger partial charge in [0.15, 0.2) is 0 Å². The van der Waals surface area contributed by atoms with Gasteiger partial charge in [0.1, 0.15) is 6.07 Å². The van der Waals surface area contributed by atoms with E-state index in [0.717, 1.165) is 0 Å². The van der Waals surface area contributed by atoms with Crippen LogP contribution < -0.4 is 11.1 Å². The summed E-state index contributed by atoms with van der Waals surface area (Å²) in [5.41, 5.74) is 7.87. The quantitative estimate of drug-likeness (QED) is 0.616. The van der Waals surface area contributed by atoms with Crippen molar-refractivity contribution in [3.8, 4) is 6.07 Å². The fourth-order valence-electron chi connectivity index (χ4n) is 1.52. The van der Waals surface area contributed by atoms with Crippen molar-refractivity contribution in [3.63, 3.8) is 0 Å². The minimum atomic E-state index is 0.386. The van der Waals surface area contributed by atoms with Gasteiger partial charge >= 0.3 is 0 Å². The monoisotopic (exact) mass is 311 g/mol. The highest BCUT2D eigenvalue weighted by molar-refractivity contribution is 6.44. The van der Waals surface area contributed by atoms with Gasteiger partial charge < -0.3 is 11.1 Å². The predicted octanol–water partition coefficient (Wildman–Crippen LogP) is 4.84. The van der Waals surface area contributed by atoms with Gasteiger partial charge in [0.05, 0.1) is 32.0 Å². The van der Waals surface area contributed by atoms with Crippen molar-refractivity contribution >= 4 is 51.9 Å². The van der Waals surface area contributed by atoms with Gasteiger partial charge in [-0.05, 0) is 30.3 Å². The summed E-state index contributed by atoms with van der Waals surface area (Å²) in [5.74, 6) is 0. The molecule has 0 aliphatic rings. The molecule has 0 spiro atoms. The molecule has 0 bridgehead atoms. The lowest BCUT2D eigenvalue weighted by atomic mass is 10.1. The van der Waals surface area contributed by atoms with Gasteiger partial charge in [0.25, 0.3) is 0 Å². The summed E-state index contributed by atoms with van der Waals surface area (Å²) in [5, 5.41) is 13.1. The molecule has 19 heavy (non-hydrogen) atoms. The Morgan fingerprint density at radius 3 is 2.32 bits per heavy atom. The number of hydrogen-bond donors (Lipinski definition) is 2. The Bertz CT molecular complexity index is 678. The molecular formula is C13H8Cl3N3. The van der Waals surface area contributed by atoms with Crippen LogP contribution in [0.2, 0.25) is 15.1 Å². The zero-order valence-electron chi connectivity index (χ0n) is 9.55. The van der Waals surface area contributed by atoms with Crippen LogP contribution >= 0.6 is 34.8 Å². The van der Waals surface area contributed by atoms with Crippen LogP contribution in [0.25, 0.3) is 0 Å². The van der Waals surface area contributed by atoms with Crippen molar-refractivity contribution < 1.29 is 0 Å². The highest BCUT2D eigenvalue weighted by Crippen LogP contribution is 2.34. The summed E-state index contributed by atoms with van der Waals surface area (Å²) in [4.78, 5) is 0. The van der Waals surface area contributed by atoms with Gasteiger partial charge in [0.2, 0.25) is 0 Å². The topological polar surface area (TPSA) is 61.8 Å². The van der Waals surface area contributed by atoms with Crippen molar-refractivity contribution in [2.75, 3.05) is 11.1 Å². The van der Waals surface area contributed by atoms with Crippen LogP contribution in [0.15, 0.2) is 30.3 Å². The maximum absolute atomic E-state index is 8.81. The van der Waals surface area contributed by atoms with Crippen molar-refractivity contribution in [1.29, 1.82) is 5.26 Å². The molecule has 6 heteroatoms. The first kappa shape index (κ1) is 13.8. The third-order valence-corrected chi connectivity index (χ3v) is 3.50. The van der Waals surface area contributed by atoms with Gasteiger partial charge in [-0.2, -0.15) is 5.26 Å². The summed E-state index contributed by atoms with van der Waals surface area (Å²) in [7, 11) is 0. The number of nitrogens with one attached hydrogen (secondary N) is 1. The number of anilines is 3. The van der Waals surface area contributed by atoms with Gasteiger partial charge in [-0.3, -0.25) is 0 Å². The molecule has 0 heterocycles. The second kappa shape index (κ2) is 5.58. The van der Waals surface area contributed by atoms with Gasteiger partial charge in [-0.1, -0.05) is 34.8 Å². The lowest BCUT2D eigenvalue weighted by molar-refractivity contribution is 1.47. The van der Waals surface area contributed by atoms with E-state index < -0.39 is 0 Å². The average molecular weight is 313 g/mol. The molecule has 0 atom stereocenters. The SMILES string of the molecule is N#Cc1ccc(Nc2cc(Cl)c(Cl)cc2Cl)cc1N. The largest absolute Gasteiger partial charge is 0.398 e. The van der Waals surface area contributed by atoms with E-state index in [9.17, 15) is 0 Å². The molecule has 3 nitrogen and oxygen atoms in total. The molecule has 0 saturated carbocycles. The van der Waals surface area contributed by atoms with Crippen LogP contribution in [0.5, 0.6) is 0 Å². The number of halogens is 3. The molecule has 0 radical (unpaired) electrons. The van der Waals surface area contributed by atoms with Crippen molar-refractivity contribution in [3.05, 3.63) is 51.0 Å². The Morgan fingerprint density at radius 1 is 1.00 bits per heavy atom.